The van der Waals surface area contributed by atoms with Gasteiger partial charge >= 0.3 is 11.9 Å². The molecule has 3 aromatic rings. The molecule has 1 atom stereocenters. The van der Waals surface area contributed by atoms with E-state index in [9.17, 15) is 19.8 Å². The van der Waals surface area contributed by atoms with Crippen LogP contribution in [-0.4, -0.2) is 55.2 Å². The predicted molar refractivity (Wildman–Crippen MR) is 236 cm³/mol. The van der Waals surface area contributed by atoms with E-state index in [2.05, 4.69) is 99.8 Å². The molecule has 0 amide bonds. The van der Waals surface area contributed by atoms with Gasteiger partial charge in [0.05, 0.1) is 33.0 Å². The number of carbonyl (C=O) groups excluding carboxylic acids is 2. The van der Waals surface area contributed by atoms with Gasteiger partial charge in [0.2, 0.25) is 0 Å². The zero-order chi connectivity index (χ0) is 42.1. The van der Waals surface area contributed by atoms with Gasteiger partial charge in [0, 0.05) is 22.5 Å². The summed E-state index contributed by atoms with van der Waals surface area (Å²) in [5, 5.41) is 19.9. The highest BCUT2D eigenvalue weighted by Gasteiger charge is 2.24. The summed E-state index contributed by atoms with van der Waals surface area (Å²) in [4.78, 5) is 24.3. The molecule has 0 radical (unpaired) electrons. The van der Waals surface area contributed by atoms with Crippen molar-refractivity contribution in [2.75, 3.05) is 33.0 Å². The van der Waals surface area contributed by atoms with E-state index in [1.807, 2.05) is 6.92 Å². The van der Waals surface area contributed by atoms with E-state index in [0.29, 0.717) is 49.2 Å². The van der Waals surface area contributed by atoms with Crippen molar-refractivity contribution in [1.29, 1.82) is 0 Å². The highest BCUT2D eigenvalue weighted by Crippen LogP contribution is 2.37. The number of ether oxygens (including phenoxy) is 3. The molecule has 0 aromatic heterocycles. The van der Waals surface area contributed by atoms with Gasteiger partial charge in [-0.15, -0.1) is 0 Å². The van der Waals surface area contributed by atoms with Crippen molar-refractivity contribution < 1.29 is 34.0 Å². The lowest BCUT2D eigenvalue weighted by molar-refractivity contribution is -0.139. The maximum Gasteiger partial charge on any atom is 0.333 e. The van der Waals surface area contributed by atoms with Crippen molar-refractivity contribution in [2.45, 2.75) is 111 Å². The Kier molecular flexibility index (Phi) is 18.2. The molecule has 7 nitrogen and oxygen atoms in total. The van der Waals surface area contributed by atoms with Gasteiger partial charge < -0.3 is 24.4 Å². The van der Waals surface area contributed by atoms with E-state index < -0.39 is 17.4 Å². The number of benzene rings is 3. The van der Waals surface area contributed by atoms with Crippen LogP contribution in [0.4, 0.5) is 0 Å². The second-order valence-corrected chi connectivity index (χ2v) is 16.2. The molecule has 312 valence electrons. The number of hydrogen-bond acceptors (Lipinski definition) is 7. The zero-order valence-corrected chi connectivity index (χ0v) is 35.7. The molecule has 0 heterocycles. The number of aryl methyl sites for hydroxylation is 4. The summed E-state index contributed by atoms with van der Waals surface area (Å²) in [7, 11) is 0. The fourth-order valence-electron chi connectivity index (χ4n) is 7.11. The minimum atomic E-state index is -0.685. The first kappa shape index (κ1) is 46.0. The highest BCUT2D eigenvalue weighted by atomic mass is 16.5. The minimum Gasteiger partial charge on any atom is -0.493 e. The normalized spacial score (nSPS) is 13.8. The number of unbranched alkanes of at least 4 members (excludes halogenated alkanes) is 2. The predicted octanol–water partition coefficient (Wildman–Crippen LogP) is 10.6. The second-order valence-electron chi connectivity index (χ2n) is 16.2. The highest BCUT2D eigenvalue weighted by molar-refractivity contribution is 5.87. The standard InChI is InChI=1S/C51H66O7/c1-8-10-11-14-38-17-19-40(20-18-38)41-21-23-42(24-22-41)47-26-25-43(31-39(47)9-2)46-32-44(15-12-28-57-49(54)36(3)4)48(56-30-27-51(7,34-52)35-53)45(33-46)16-13-29-58-50(55)37(5)6/h17-21,23-26,31-33,41,52-53H,3,5,8-16,22,27-30,34-35H2,1-2,4,6-7H3. The average Bonchev–Trinajstić information content (AvgIpc) is 3.24. The number of aliphatic hydroxyl groups excluding tert-OH is 2. The lowest BCUT2D eigenvalue weighted by Crippen LogP contribution is -2.28. The largest absolute Gasteiger partial charge is 0.493 e. The fourth-order valence-corrected chi connectivity index (χ4v) is 7.11. The Morgan fingerprint density at radius 3 is 1.88 bits per heavy atom. The Morgan fingerprint density at radius 1 is 0.759 bits per heavy atom. The molecular weight excluding hydrogens is 725 g/mol. The van der Waals surface area contributed by atoms with E-state index in [1.54, 1.807) is 13.8 Å². The van der Waals surface area contributed by atoms with Crippen LogP contribution in [0.15, 0.2) is 97.1 Å². The third-order valence-corrected chi connectivity index (χ3v) is 11.0. The van der Waals surface area contributed by atoms with Crippen LogP contribution in [0.1, 0.15) is 119 Å². The monoisotopic (exact) mass is 790 g/mol. The molecule has 0 aliphatic heterocycles. The number of allylic oxidation sites excluding steroid dienone is 4. The molecular formula is C51H66O7. The van der Waals surface area contributed by atoms with Crippen molar-refractivity contribution in [3.05, 3.63) is 131 Å². The minimum absolute atomic E-state index is 0.163. The topological polar surface area (TPSA) is 102 Å². The van der Waals surface area contributed by atoms with Gasteiger partial charge in [-0.1, -0.05) is 107 Å². The summed E-state index contributed by atoms with van der Waals surface area (Å²) in [6, 6.07) is 20.2. The fraction of sp³-hybridized carbons (Fsp3) is 0.451. The van der Waals surface area contributed by atoms with Gasteiger partial charge in [-0.25, -0.2) is 9.59 Å². The average molecular weight is 791 g/mol. The molecule has 58 heavy (non-hydrogen) atoms. The Balaban J connectivity index is 1.63. The smallest absolute Gasteiger partial charge is 0.333 e. The molecule has 1 unspecified atom stereocenters. The van der Waals surface area contributed by atoms with Crippen LogP contribution in [0, 0.1) is 5.41 Å². The van der Waals surface area contributed by atoms with E-state index in [4.69, 9.17) is 14.2 Å². The van der Waals surface area contributed by atoms with Gasteiger partial charge in [0.25, 0.3) is 0 Å². The number of esters is 2. The van der Waals surface area contributed by atoms with E-state index in [0.717, 1.165) is 47.3 Å². The molecule has 3 aromatic carbocycles. The molecule has 0 spiro atoms. The number of hydrogen-bond donors (Lipinski definition) is 2. The van der Waals surface area contributed by atoms with Gasteiger partial charge in [0.1, 0.15) is 5.75 Å². The lowest BCUT2D eigenvalue weighted by atomic mass is 9.85. The molecule has 0 saturated heterocycles. The first-order chi connectivity index (χ1) is 27.9. The summed E-state index contributed by atoms with van der Waals surface area (Å²) in [5.74, 6) is 0.259. The SMILES string of the molecule is C=C(C)C(=O)OCCCc1cc(-c2ccc(C3=CCC(c4ccc(CCCCC)cc4)C=C3)c(CC)c2)cc(CCCOC(=O)C(=C)C)c1OCCC(C)(CO)CO. The summed E-state index contributed by atoms with van der Waals surface area (Å²) < 4.78 is 17.4. The molecule has 4 rings (SSSR count). The maximum absolute atomic E-state index is 12.1. The Morgan fingerprint density at radius 2 is 1.36 bits per heavy atom. The van der Waals surface area contributed by atoms with Crippen LogP contribution < -0.4 is 4.74 Å². The zero-order valence-electron chi connectivity index (χ0n) is 35.7. The van der Waals surface area contributed by atoms with Crippen molar-refractivity contribution in [1.82, 2.24) is 0 Å². The van der Waals surface area contributed by atoms with Crippen molar-refractivity contribution in [2.24, 2.45) is 5.41 Å². The van der Waals surface area contributed by atoms with Crippen LogP contribution in [0.5, 0.6) is 5.75 Å². The van der Waals surface area contributed by atoms with Crippen LogP contribution in [-0.2, 0) is 44.7 Å². The van der Waals surface area contributed by atoms with Gasteiger partial charge in [0.15, 0.2) is 0 Å². The second kappa shape index (κ2) is 23.0. The molecule has 0 saturated carbocycles. The van der Waals surface area contributed by atoms with Crippen LogP contribution in [0.25, 0.3) is 16.7 Å². The Hall–Kier alpha value is -4.72. The Bertz CT molecular complexity index is 1860. The van der Waals surface area contributed by atoms with Gasteiger partial charge in [-0.3, -0.25) is 0 Å². The first-order valence-electron chi connectivity index (χ1n) is 21.2. The summed E-state index contributed by atoms with van der Waals surface area (Å²) in [5.41, 5.74) is 10.6. The summed E-state index contributed by atoms with van der Waals surface area (Å²) in [6.45, 7) is 17.3. The maximum atomic E-state index is 12.1. The summed E-state index contributed by atoms with van der Waals surface area (Å²) >= 11 is 0. The number of rotatable bonds is 24. The molecule has 1 aliphatic rings. The van der Waals surface area contributed by atoms with Crippen LogP contribution >= 0.6 is 0 Å². The van der Waals surface area contributed by atoms with E-state index >= 15 is 0 Å². The lowest BCUT2D eigenvalue weighted by Gasteiger charge is -2.25. The van der Waals surface area contributed by atoms with Gasteiger partial charge in [-0.05, 0) is 134 Å². The van der Waals surface area contributed by atoms with Crippen LogP contribution in [0.3, 0.4) is 0 Å². The van der Waals surface area contributed by atoms with E-state index in [-0.39, 0.29) is 33.0 Å². The third kappa shape index (κ3) is 13.4. The van der Waals surface area contributed by atoms with Crippen LogP contribution in [0.2, 0.25) is 0 Å². The van der Waals surface area contributed by atoms with Crippen molar-refractivity contribution in [3.8, 4) is 16.9 Å². The molecule has 0 fully saturated rings. The first-order valence-corrected chi connectivity index (χ1v) is 21.2. The molecule has 2 N–H and O–H groups in total. The van der Waals surface area contributed by atoms with Crippen molar-refractivity contribution in [3.63, 3.8) is 0 Å². The summed E-state index contributed by atoms with van der Waals surface area (Å²) in [6.07, 6.45) is 16.5. The molecule has 1 aliphatic carbocycles. The van der Waals surface area contributed by atoms with E-state index in [1.165, 1.54) is 47.1 Å². The quantitative estimate of drug-likeness (QED) is 0.0529. The molecule has 7 heteroatoms. The number of carbonyl (C=O) groups is 2. The van der Waals surface area contributed by atoms with Crippen molar-refractivity contribution >= 4 is 17.5 Å². The Labute approximate surface area is 347 Å². The third-order valence-electron chi connectivity index (χ3n) is 11.0. The van der Waals surface area contributed by atoms with Gasteiger partial charge in [-0.2, -0.15) is 0 Å². The molecule has 0 bridgehead atoms. The number of aliphatic hydroxyl groups is 2.